The summed E-state index contributed by atoms with van der Waals surface area (Å²) < 4.78 is 46.6. The number of phenolic OH excluding ortho intramolecular Hbond substituents is 1. The third kappa shape index (κ3) is 3.08. The van der Waals surface area contributed by atoms with Crippen LogP contribution in [0.2, 0.25) is 0 Å². The van der Waals surface area contributed by atoms with Gasteiger partial charge in [-0.15, -0.1) is 13.2 Å². The average Bonchev–Trinajstić information content (AvgIpc) is 2.47. The lowest BCUT2D eigenvalue weighted by Gasteiger charge is -2.33. The fourth-order valence-electron chi connectivity index (χ4n) is 2.41. The van der Waals surface area contributed by atoms with Crippen molar-refractivity contribution in [1.29, 1.82) is 0 Å². The van der Waals surface area contributed by atoms with E-state index in [2.05, 4.69) is 4.74 Å². The maximum Gasteiger partial charge on any atom is 0.573 e. The Bertz CT molecular complexity index is 791. The van der Waals surface area contributed by atoms with Gasteiger partial charge in [-0.3, -0.25) is 9.69 Å². The summed E-state index contributed by atoms with van der Waals surface area (Å²) in [5.41, 5.74) is 0.408. The van der Waals surface area contributed by atoms with Crippen molar-refractivity contribution in [2.75, 3.05) is 4.90 Å². The number of carbonyl (C=O) groups is 1. The van der Waals surface area contributed by atoms with Crippen molar-refractivity contribution in [2.24, 2.45) is 0 Å². The highest BCUT2D eigenvalue weighted by molar-refractivity contribution is 6.06. The zero-order valence-electron chi connectivity index (χ0n) is 12.4. The Morgan fingerprint density at radius 1 is 1.21 bits per heavy atom. The van der Waals surface area contributed by atoms with E-state index in [-0.39, 0.29) is 17.2 Å². The number of carbonyl (C=O) groups excluding carboxylic acids is 1. The second-order valence-electron chi connectivity index (χ2n) is 5.13. The molecule has 0 saturated heterocycles. The van der Waals surface area contributed by atoms with Crippen molar-refractivity contribution in [3.8, 4) is 17.2 Å². The van der Waals surface area contributed by atoms with Gasteiger partial charge < -0.3 is 14.6 Å². The van der Waals surface area contributed by atoms with E-state index in [9.17, 15) is 23.1 Å². The van der Waals surface area contributed by atoms with E-state index in [0.717, 1.165) is 12.1 Å². The van der Waals surface area contributed by atoms with Crippen molar-refractivity contribution in [1.82, 2.24) is 0 Å². The Morgan fingerprint density at radius 2 is 1.96 bits per heavy atom. The number of alkyl halides is 3. The number of ether oxygens (including phenoxy) is 2. The Labute approximate surface area is 134 Å². The van der Waals surface area contributed by atoms with Gasteiger partial charge in [0.2, 0.25) is 0 Å². The molecule has 0 saturated carbocycles. The lowest BCUT2D eigenvalue weighted by Crippen LogP contribution is -2.41. The molecule has 0 aliphatic carbocycles. The summed E-state index contributed by atoms with van der Waals surface area (Å²) in [6.45, 7) is 1.53. The van der Waals surface area contributed by atoms with E-state index >= 15 is 0 Å². The molecule has 8 heteroatoms. The zero-order chi connectivity index (χ0) is 17.5. The van der Waals surface area contributed by atoms with Gasteiger partial charge in [0.05, 0.1) is 11.4 Å². The Morgan fingerprint density at radius 3 is 2.62 bits per heavy atom. The van der Waals surface area contributed by atoms with Crippen molar-refractivity contribution < 1.29 is 32.5 Å². The van der Waals surface area contributed by atoms with Gasteiger partial charge in [0.25, 0.3) is 5.91 Å². The quantitative estimate of drug-likeness (QED) is 0.906. The third-order valence-electron chi connectivity index (χ3n) is 3.36. The number of phenols is 1. The minimum Gasteiger partial charge on any atom is -0.508 e. The molecule has 1 atom stereocenters. The lowest BCUT2D eigenvalue weighted by atomic mass is 10.1. The zero-order valence-corrected chi connectivity index (χ0v) is 12.4. The van der Waals surface area contributed by atoms with Crippen LogP contribution in [0.5, 0.6) is 17.2 Å². The molecule has 1 heterocycles. The van der Waals surface area contributed by atoms with Gasteiger partial charge in [-0.2, -0.15) is 0 Å². The highest BCUT2D eigenvalue weighted by Crippen LogP contribution is 2.42. The second-order valence-corrected chi connectivity index (χ2v) is 5.13. The minimum atomic E-state index is -4.85. The highest BCUT2D eigenvalue weighted by Gasteiger charge is 2.35. The van der Waals surface area contributed by atoms with Gasteiger partial charge in [-0.1, -0.05) is 6.07 Å². The van der Waals surface area contributed by atoms with Gasteiger partial charge in [0.1, 0.15) is 17.2 Å². The number of benzene rings is 2. The fraction of sp³-hybridized carbons (Fsp3) is 0.188. The summed E-state index contributed by atoms with van der Waals surface area (Å²) in [5.74, 6) is -0.793. The van der Waals surface area contributed by atoms with Gasteiger partial charge in [0, 0.05) is 12.1 Å². The molecule has 2 aromatic carbocycles. The molecule has 1 aliphatic heterocycles. The number of anilines is 2. The van der Waals surface area contributed by atoms with Crippen molar-refractivity contribution in [3.63, 3.8) is 0 Å². The number of hydrogen-bond donors (Lipinski definition) is 1. The standard InChI is InChI=1S/C16H12F3NO4/c1-9-15(22)20(10-3-2-4-11(21)7-10)13-8-12(24-16(17,18)19)5-6-14(13)23-9/h2-9,21H,1H3. The predicted molar refractivity (Wildman–Crippen MR) is 78.5 cm³/mol. The average molecular weight is 339 g/mol. The number of aromatic hydroxyl groups is 1. The van der Waals surface area contributed by atoms with E-state index in [0.29, 0.717) is 5.69 Å². The predicted octanol–water partition coefficient (Wildman–Crippen LogP) is 3.74. The molecule has 1 aliphatic rings. The summed E-state index contributed by atoms with van der Waals surface area (Å²) in [4.78, 5) is 13.6. The first kappa shape index (κ1) is 16.0. The number of halogens is 3. The van der Waals surface area contributed by atoms with Crippen molar-refractivity contribution in [2.45, 2.75) is 19.4 Å². The molecule has 0 spiro atoms. The largest absolute Gasteiger partial charge is 0.573 e. The smallest absolute Gasteiger partial charge is 0.508 e. The van der Waals surface area contributed by atoms with E-state index in [1.54, 1.807) is 6.07 Å². The van der Waals surface area contributed by atoms with Gasteiger partial charge in [-0.05, 0) is 31.2 Å². The van der Waals surface area contributed by atoms with Crippen LogP contribution in [-0.4, -0.2) is 23.5 Å². The van der Waals surface area contributed by atoms with E-state index in [1.165, 1.54) is 36.1 Å². The Kier molecular flexibility index (Phi) is 3.75. The van der Waals surface area contributed by atoms with Crippen LogP contribution in [0.15, 0.2) is 42.5 Å². The molecule has 0 radical (unpaired) electrons. The second kappa shape index (κ2) is 5.63. The number of nitrogens with zero attached hydrogens (tertiary/aromatic N) is 1. The summed E-state index contributed by atoms with van der Waals surface area (Å²) in [6.07, 6.45) is -5.68. The molecule has 3 rings (SSSR count). The number of rotatable bonds is 2. The normalized spacial score (nSPS) is 17.2. The van der Waals surface area contributed by atoms with Crippen molar-refractivity contribution in [3.05, 3.63) is 42.5 Å². The Balaban J connectivity index is 2.10. The molecule has 0 bridgehead atoms. The lowest BCUT2D eigenvalue weighted by molar-refractivity contribution is -0.274. The topological polar surface area (TPSA) is 59.0 Å². The van der Waals surface area contributed by atoms with E-state index in [4.69, 9.17) is 4.74 Å². The maximum absolute atomic E-state index is 12.5. The molecule has 24 heavy (non-hydrogen) atoms. The van der Waals surface area contributed by atoms with E-state index in [1.807, 2.05) is 0 Å². The summed E-state index contributed by atoms with van der Waals surface area (Å²) >= 11 is 0. The van der Waals surface area contributed by atoms with Crippen LogP contribution in [0.25, 0.3) is 0 Å². The first-order chi connectivity index (χ1) is 11.2. The maximum atomic E-state index is 12.5. The molecule has 126 valence electrons. The first-order valence-corrected chi connectivity index (χ1v) is 6.94. The van der Waals surface area contributed by atoms with Gasteiger partial charge in [-0.25, -0.2) is 0 Å². The highest BCUT2D eigenvalue weighted by atomic mass is 19.4. The van der Waals surface area contributed by atoms with Crippen LogP contribution in [0.4, 0.5) is 24.5 Å². The van der Waals surface area contributed by atoms with Crippen LogP contribution in [0.3, 0.4) is 0 Å². The molecule has 1 amide bonds. The van der Waals surface area contributed by atoms with Crippen LogP contribution in [-0.2, 0) is 4.79 Å². The summed E-state index contributed by atoms with van der Waals surface area (Å²) in [5, 5.41) is 9.61. The SMILES string of the molecule is CC1Oc2ccc(OC(F)(F)F)cc2N(c2cccc(O)c2)C1=O. The number of hydrogen-bond acceptors (Lipinski definition) is 4. The molecular weight excluding hydrogens is 327 g/mol. The summed E-state index contributed by atoms with van der Waals surface area (Å²) in [7, 11) is 0. The first-order valence-electron chi connectivity index (χ1n) is 6.94. The molecule has 5 nitrogen and oxygen atoms in total. The minimum absolute atomic E-state index is 0.0799. The molecular formula is C16H12F3NO4. The Hall–Kier alpha value is -2.90. The summed E-state index contributed by atoms with van der Waals surface area (Å²) in [6, 6.07) is 9.30. The molecule has 1 N–H and O–H groups in total. The van der Waals surface area contributed by atoms with E-state index < -0.39 is 24.1 Å². The molecule has 0 fully saturated rings. The van der Waals surface area contributed by atoms with Crippen LogP contribution in [0.1, 0.15) is 6.92 Å². The molecule has 2 aromatic rings. The number of fused-ring (bicyclic) bond motifs is 1. The number of amides is 1. The monoisotopic (exact) mass is 339 g/mol. The van der Waals surface area contributed by atoms with Gasteiger partial charge in [0.15, 0.2) is 6.10 Å². The van der Waals surface area contributed by atoms with Crippen LogP contribution in [0, 0.1) is 0 Å². The molecule has 0 aromatic heterocycles. The molecule has 1 unspecified atom stereocenters. The van der Waals surface area contributed by atoms with Crippen molar-refractivity contribution >= 4 is 17.3 Å². The third-order valence-corrected chi connectivity index (χ3v) is 3.36. The van der Waals surface area contributed by atoms with Gasteiger partial charge >= 0.3 is 6.36 Å². The van der Waals surface area contributed by atoms with Crippen LogP contribution < -0.4 is 14.4 Å². The van der Waals surface area contributed by atoms with Crippen LogP contribution >= 0.6 is 0 Å². The fourth-order valence-corrected chi connectivity index (χ4v) is 2.41.